The van der Waals surface area contributed by atoms with Gasteiger partial charge in [0.25, 0.3) is 5.56 Å². The number of fused-ring (bicyclic) bond motifs is 6. The highest BCUT2D eigenvalue weighted by Crippen LogP contribution is 2.47. The summed E-state index contributed by atoms with van der Waals surface area (Å²) in [6.07, 6.45) is 1.71. The molecule has 2 aliphatic rings. The molecule has 7 nitrogen and oxygen atoms in total. The fourth-order valence-electron chi connectivity index (χ4n) is 4.20. The molecule has 0 aliphatic carbocycles. The van der Waals surface area contributed by atoms with Crippen LogP contribution < -0.4 is 19.6 Å². The Labute approximate surface area is 175 Å². The summed E-state index contributed by atoms with van der Waals surface area (Å²) in [5, 5.41) is 0. The topological polar surface area (TPSA) is 83.0 Å². The van der Waals surface area contributed by atoms with Gasteiger partial charge in [0.05, 0.1) is 17.2 Å². The molecule has 8 heteroatoms. The van der Waals surface area contributed by atoms with Crippen LogP contribution in [0.1, 0.15) is 37.0 Å². The summed E-state index contributed by atoms with van der Waals surface area (Å²) in [6, 6.07) is 10.5. The van der Waals surface area contributed by atoms with Crippen molar-refractivity contribution < 1.29 is 18.7 Å². The molecular formula is C22H20N2O5S. The summed E-state index contributed by atoms with van der Waals surface area (Å²) in [4.78, 5) is 31.6. The predicted octanol–water partition coefficient (Wildman–Crippen LogP) is 2.15. The highest BCUT2D eigenvalue weighted by molar-refractivity contribution is 7.07. The lowest BCUT2D eigenvalue weighted by Crippen LogP contribution is -2.58. The Bertz CT molecular complexity index is 1330. The standard InChI is InChI=1S/C22H20N2O5S/c1-4-27-20(26)17-18-14-7-5-6-8-15(14)29-22(17,3)23-21-24(18)19(25)16(30-21)11-13-10-9-12(2)28-13/h5-11,17-18H,4H2,1-3H3. The van der Waals surface area contributed by atoms with Gasteiger partial charge in [-0.05, 0) is 39.0 Å². The molecule has 3 atom stereocenters. The third-order valence-electron chi connectivity index (χ3n) is 5.45. The van der Waals surface area contributed by atoms with E-state index in [2.05, 4.69) is 0 Å². The molecule has 1 aromatic carbocycles. The number of nitrogens with zero attached hydrogens (tertiary/aromatic N) is 2. The van der Waals surface area contributed by atoms with Gasteiger partial charge in [0.2, 0.25) is 5.72 Å². The molecule has 30 heavy (non-hydrogen) atoms. The molecular weight excluding hydrogens is 404 g/mol. The molecule has 0 radical (unpaired) electrons. The van der Waals surface area contributed by atoms with Crippen molar-refractivity contribution in [2.75, 3.05) is 6.61 Å². The van der Waals surface area contributed by atoms with Crippen molar-refractivity contribution in [2.24, 2.45) is 10.9 Å². The number of hydrogen-bond acceptors (Lipinski definition) is 7. The van der Waals surface area contributed by atoms with Crippen molar-refractivity contribution >= 4 is 23.4 Å². The van der Waals surface area contributed by atoms with E-state index < -0.39 is 23.7 Å². The highest BCUT2D eigenvalue weighted by Gasteiger charge is 2.55. The van der Waals surface area contributed by atoms with Gasteiger partial charge in [0.1, 0.15) is 23.2 Å². The SMILES string of the molecule is CCOC(=O)C1C2c3ccccc3OC1(C)N=c1sc(=Cc3ccc(C)o3)c(=O)n12. The fraction of sp³-hybridized carbons (Fsp3) is 0.318. The highest BCUT2D eigenvalue weighted by atomic mass is 32.1. The van der Waals surface area contributed by atoms with Crippen LogP contribution in [0.4, 0.5) is 0 Å². The Morgan fingerprint density at radius 3 is 2.87 bits per heavy atom. The van der Waals surface area contributed by atoms with Gasteiger partial charge in [0.15, 0.2) is 4.80 Å². The normalized spacial score (nSPS) is 24.4. The summed E-state index contributed by atoms with van der Waals surface area (Å²) in [5.41, 5.74) is -0.614. The van der Waals surface area contributed by atoms with Gasteiger partial charge >= 0.3 is 5.97 Å². The molecule has 3 aromatic rings. The maximum Gasteiger partial charge on any atom is 0.317 e. The van der Waals surface area contributed by atoms with Gasteiger partial charge in [-0.15, -0.1) is 0 Å². The van der Waals surface area contributed by atoms with E-state index in [0.29, 0.717) is 20.8 Å². The van der Waals surface area contributed by atoms with Crippen LogP contribution in [-0.4, -0.2) is 22.9 Å². The van der Waals surface area contributed by atoms with Crippen molar-refractivity contribution in [2.45, 2.75) is 32.5 Å². The first kappa shape index (κ1) is 18.9. The molecule has 2 bridgehead atoms. The zero-order valence-electron chi connectivity index (χ0n) is 16.7. The van der Waals surface area contributed by atoms with Crippen LogP contribution in [0.2, 0.25) is 0 Å². The number of hydrogen-bond donors (Lipinski definition) is 0. The first-order valence-electron chi connectivity index (χ1n) is 9.75. The van der Waals surface area contributed by atoms with Gasteiger partial charge < -0.3 is 13.9 Å². The van der Waals surface area contributed by atoms with Crippen molar-refractivity contribution in [1.82, 2.24) is 4.57 Å². The lowest BCUT2D eigenvalue weighted by Gasteiger charge is -2.44. The molecule has 0 saturated carbocycles. The number of esters is 1. The lowest BCUT2D eigenvalue weighted by atomic mass is 9.81. The van der Waals surface area contributed by atoms with Crippen LogP contribution in [0.5, 0.6) is 5.75 Å². The average molecular weight is 424 g/mol. The number of rotatable bonds is 3. The van der Waals surface area contributed by atoms with Crippen LogP contribution in [-0.2, 0) is 9.53 Å². The van der Waals surface area contributed by atoms with E-state index in [1.54, 1.807) is 24.5 Å². The van der Waals surface area contributed by atoms with E-state index in [0.717, 1.165) is 11.3 Å². The Hall–Kier alpha value is -3.13. The van der Waals surface area contributed by atoms with Crippen LogP contribution in [0, 0.1) is 12.8 Å². The van der Waals surface area contributed by atoms with Crippen LogP contribution >= 0.6 is 11.3 Å². The Kier molecular flexibility index (Phi) is 4.21. The van der Waals surface area contributed by atoms with E-state index in [1.807, 2.05) is 43.3 Å². The number of furan rings is 1. The number of thiazole rings is 1. The van der Waals surface area contributed by atoms with E-state index in [-0.39, 0.29) is 12.2 Å². The fourth-order valence-corrected chi connectivity index (χ4v) is 5.28. The van der Waals surface area contributed by atoms with Crippen LogP contribution in [0.25, 0.3) is 6.08 Å². The zero-order valence-corrected chi connectivity index (χ0v) is 17.6. The van der Waals surface area contributed by atoms with Crippen molar-refractivity contribution in [1.29, 1.82) is 0 Å². The summed E-state index contributed by atoms with van der Waals surface area (Å²) in [7, 11) is 0. The smallest absolute Gasteiger partial charge is 0.317 e. The first-order chi connectivity index (χ1) is 14.4. The molecule has 4 heterocycles. The number of benzene rings is 1. The monoisotopic (exact) mass is 424 g/mol. The quantitative estimate of drug-likeness (QED) is 0.602. The van der Waals surface area contributed by atoms with Crippen molar-refractivity contribution in [3.8, 4) is 5.75 Å². The maximum atomic E-state index is 13.4. The van der Waals surface area contributed by atoms with Gasteiger partial charge in [0, 0.05) is 11.6 Å². The summed E-state index contributed by atoms with van der Waals surface area (Å²) in [6.45, 7) is 5.61. The molecule has 0 amide bonds. The molecule has 0 spiro atoms. The van der Waals surface area contributed by atoms with Gasteiger partial charge in [-0.1, -0.05) is 29.5 Å². The number of ether oxygens (including phenoxy) is 2. The van der Waals surface area contributed by atoms with Crippen molar-refractivity contribution in [3.05, 3.63) is 73.2 Å². The number of aromatic nitrogens is 1. The molecule has 154 valence electrons. The number of carbonyl (C=O) groups is 1. The number of carbonyl (C=O) groups excluding carboxylic acids is 1. The minimum Gasteiger partial charge on any atom is -0.466 e. The second-order valence-electron chi connectivity index (χ2n) is 7.50. The molecule has 0 N–H and O–H groups in total. The van der Waals surface area contributed by atoms with Crippen LogP contribution in [0.3, 0.4) is 0 Å². The number of aryl methyl sites for hydroxylation is 1. The Morgan fingerprint density at radius 2 is 2.13 bits per heavy atom. The Balaban J connectivity index is 1.78. The lowest BCUT2D eigenvalue weighted by molar-refractivity contribution is -0.160. The summed E-state index contributed by atoms with van der Waals surface area (Å²) >= 11 is 1.26. The molecule has 0 fully saturated rings. The summed E-state index contributed by atoms with van der Waals surface area (Å²) in [5.74, 6) is 0.771. The Morgan fingerprint density at radius 1 is 1.33 bits per heavy atom. The minimum absolute atomic E-state index is 0.217. The predicted molar refractivity (Wildman–Crippen MR) is 110 cm³/mol. The van der Waals surface area contributed by atoms with E-state index >= 15 is 0 Å². The molecule has 5 rings (SSSR count). The van der Waals surface area contributed by atoms with E-state index in [4.69, 9.17) is 18.9 Å². The third kappa shape index (κ3) is 2.74. The van der Waals surface area contributed by atoms with Gasteiger partial charge in [-0.2, -0.15) is 0 Å². The van der Waals surface area contributed by atoms with Gasteiger partial charge in [-0.3, -0.25) is 14.2 Å². The van der Waals surface area contributed by atoms with Gasteiger partial charge in [-0.25, -0.2) is 4.99 Å². The zero-order chi connectivity index (χ0) is 21.0. The van der Waals surface area contributed by atoms with E-state index in [1.165, 1.54) is 11.3 Å². The maximum absolute atomic E-state index is 13.4. The molecule has 2 aliphatic heterocycles. The largest absolute Gasteiger partial charge is 0.466 e. The second-order valence-corrected chi connectivity index (χ2v) is 8.51. The minimum atomic E-state index is -1.17. The average Bonchev–Trinajstić information content (AvgIpc) is 3.23. The van der Waals surface area contributed by atoms with E-state index in [9.17, 15) is 9.59 Å². The van der Waals surface area contributed by atoms with Crippen molar-refractivity contribution in [3.63, 3.8) is 0 Å². The molecule has 3 unspecified atom stereocenters. The second kappa shape index (κ2) is 6.70. The van der Waals surface area contributed by atoms with Crippen LogP contribution in [0.15, 0.2) is 50.6 Å². The summed E-state index contributed by atoms with van der Waals surface area (Å²) < 4.78 is 19.2. The third-order valence-corrected chi connectivity index (χ3v) is 6.44. The molecule has 0 saturated heterocycles. The first-order valence-corrected chi connectivity index (χ1v) is 10.6. The number of para-hydroxylation sites is 1. The molecule has 2 aromatic heterocycles.